The van der Waals surface area contributed by atoms with Crippen molar-refractivity contribution in [2.45, 2.75) is 13.8 Å². The molecule has 0 amide bonds. The van der Waals surface area contributed by atoms with Crippen molar-refractivity contribution in [2.24, 2.45) is 0 Å². The van der Waals surface area contributed by atoms with Gasteiger partial charge in [-0.3, -0.25) is 4.79 Å². The summed E-state index contributed by atoms with van der Waals surface area (Å²) < 4.78 is 42.4. The lowest BCUT2D eigenvalue weighted by atomic mass is 9.96. The molecular weight excluding hydrogens is 410 g/mol. The molecule has 0 bridgehead atoms. The largest absolute Gasteiger partial charge is 0.462 e. The van der Waals surface area contributed by atoms with Crippen LogP contribution in [0.3, 0.4) is 0 Å². The highest BCUT2D eigenvalue weighted by molar-refractivity contribution is 6.20. The lowest BCUT2D eigenvalue weighted by Gasteiger charge is -2.07. The van der Waals surface area contributed by atoms with Crippen molar-refractivity contribution in [3.05, 3.63) is 82.6 Å². The SMILES string of the molecule is CCOC(=O)c1oc(-c2ccc(F)cc2)c(C(=O)c2ccc(F)cc2)c1C(=O)OCC. The number of hydrogen-bond acceptors (Lipinski definition) is 6. The summed E-state index contributed by atoms with van der Waals surface area (Å²) in [5, 5.41) is 0. The third kappa shape index (κ3) is 4.53. The van der Waals surface area contributed by atoms with Crippen LogP contribution in [0.2, 0.25) is 0 Å². The molecule has 0 aliphatic heterocycles. The second-order valence-electron chi connectivity index (χ2n) is 6.29. The number of benzene rings is 2. The van der Waals surface area contributed by atoms with Gasteiger partial charge < -0.3 is 13.9 Å². The van der Waals surface area contributed by atoms with Crippen LogP contribution in [0.25, 0.3) is 11.3 Å². The van der Waals surface area contributed by atoms with E-state index in [2.05, 4.69) is 0 Å². The van der Waals surface area contributed by atoms with Gasteiger partial charge in [-0.25, -0.2) is 18.4 Å². The Morgan fingerprint density at radius 1 is 0.774 bits per heavy atom. The van der Waals surface area contributed by atoms with Crippen LogP contribution in [0, 0.1) is 11.6 Å². The number of halogens is 2. The molecule has 0 saturated carbocycles. The van der Waals surface area contributed by atoms with Crippen molar-refractivity contribution >= 4 is 17.7 Å². The normalized spacial score (nSPS) is 10.6. The van der Waals surface area contributed by atoms with E-state index in [1.807, 2.05) is 0 Å². The van der Waals surface area contributed by atoms with Crippen molar-refractivity contribution < 1.29 is 37.1 Å². The molecule has 3 rings (SSSR count). The molecule has 0 saturated heterocycles. The second kappa shape index (κ2) is 9.34. The van der Waals surface area contributed by atoms with Gasteiger partial charge in [0.25, 0.3) is 0 Å². The molecule has 3 aromatic rings. The monoisotopic (exact) mass is 428 g/mol. The fourth-order valence-electron chi connectivity index (χ4n) is 2.94. The highest BCUT2D eigenvalue weighted by atomic mass is 19.1. The van der Waals surface area contributed by atoms with E-state index in [9.17, 15) is 23.2 Å². The quantitative estimate of drug-likeness (QED) is 0.397. The first-order chi connectivity index (χ1) is 14.9. The van der Waals surface area contributed by atoms with Crippen molar-refractivity contribution in [1.29, 1.82) is 0 Å². The fraction of sp³-hybridized carbons (Fsp3) is 0.174. The topological polar surface area (TPSA) is 82.8 Å². The van der Waals surface area contributed by atoms with Gasteiger partial charge in [0.15, 0.2) is 5.78 Å². The number of furan rings is 1. The summed E-state index contributed by atoms with van der Waals surface area (Å²) in [5.41, 5.74) is -0.381. The van der Waals surface area contributed by atoms with Gasteiger partial charge in [-0.1, -0.05) is 0 Å². The molecule has 6 nitrogen and oxygen atoms in total. The van der Waals surface area contributed by atoms with Gasteiger partial charge >= 0.3 is 11.9 Å². The maximum Gasteiger partial charge on any atom is 0.375 e. The van der Waals surface area contributed by atoms with Crippen molar-refractivity contribution in [2.75, 3.05) is 13.2 Å². The van der Waals surface area contributed by atoms with Crippen molar-refractivity contribution in [3.63, 3.8) is 0 Å². The average Bonchev–Trinajstić information content (AvgIpc) is 3.15. The van der Waals surface area contributed by atoms with Crippen LogP contribution in [0.15, 0.2) is 52.9 Å². The molecule has 0 aliphatic carbocycles. The Kier molecular flexibility index (Phi) is 6.59. The van der Waals surface area contributed by atoms with Gasteiger partial charge in [0, 0.05) is 11.1 Å². The number of hydrogen-bond donors (Lipinski definition) is 0. The summed E-state index contributed by atoms with van der Waals surface area (Å²) in [7, 11) is 0. The molecule has 0 atom stereocenters. The van der Waals surface area contributed by atoms with E-state index >= 15 is 0 Å². The molecule has 0 aliphatic rings. The van der Waals surface area contributed by atoms with Crippen LogP contribution in [-0.2, 0) is 9.47 Å². The molecule has 160 valence electrons. The van der Waals surface area contributed by atoms with E-state index in [-0.39, 0.29) is 35.7 Å². The first-order valence-electron chi connectivity index (χ1n) is 9.44. The van der Waals surface area contributed by atoms with Gasteiger partial charge in [-0.15, -0.1) is 0 Å². The lowest BCUT2D eigenvalue weighted by Crippen LogP contribution is -2.16. The molecule has 1 aromatic heterocycles. The van der Waals surface area contributed by atoms with Crippen LogP contribution in [-0.4, -0.2) is 30.9 Å². The maximum atomic E-state index is 13.4. The Morgan fingerprint density at radius 3 is 1.84 bits per heavy atom. The Morgan fingerprint density at radius 2 is 1.29 bits per heavy atom. The Balaban J connectivity index is 2.30. The first kappa shape index (κ1) is 21.9. The molecule has 1 heterocycles. The summed E-state index contributed by atoms with van der Waals surface area (Å²) in [5.74, 6) is -4.37. The second-order valence-corrected chi connectivity index (χ2v) is 6.29. The van der Waals surface area contributed by atoms with Gasteiger partial charge in [0.2, 0.25) is 5.76 Å². The zero-order valence-corrected chi connectivity index (χ0v) is 16.7. The van der Waals surface area contributed by atoms with Crippen LogP contribution in [0.5, 0.6) is 0 Å². The van der Waals surface area contributed by atoms with Gasteiger partial charge in [-0.2, -0.15) is 0 Å². The van der Waals surface area contributed by atoms with E-state index in [1.54, 1.807) is 13.8 Å². The highest BCUT2D eigenvalue weighted by Crippen LogP contribution is 2.35. The van der Waals surface area contributed by atoms with Crippen molar-refractivity contribution in [1.82, 2.24) is 0 Å². The average molecular weight is 428 g/mol. The van der Waals surface area contributed by atoms with Gasteiger partial charge in [0.05, 0.1) is 18.8 Å². The zero-order chi connectivity index (χ0) is 22.5. The van der Waals surface area contributed by atoms with Gasteiger partial charge in [0.1, 0.15) is 23.0 Å². The summed E-state index contributed by atoms with van der Waals surface area (Å²) in [4.78, 5) is 38.5. The van der Waals surface area contributed by atoms with E-state index in [4.69, 9.17) is 13.9 Å². The molecular formula is C23H18F2O6. The van der Waals surface area contributed by atoms with E-state index in [1.165, 1.54) is 24.3 Å². The molecule has 0 spiro atoms. The summed E-state index contributed by atoms with van der Waals surface area (Å²) in [6.45, 7) is 3.10. The first-order valence-corrected chi connectivity index (χ1v) is 9.44. The molecule has 0 unspecified atom stereocenters. The number of carbonyl (C=O) groups is 3. The summed E-state index contributed by atoms with van der Waals surface area (Å²) >= 11 is 0. The summed E-state index contributed by atoms with van der Waals surface area (Å²) in [6.07, 6.45) is 0. The number of ketones is 1. The van der Waals surface area contributed by atoms with Crippen LogP contribution in [0.4, 0.5) is 8.78 Å². The standard InChI is InChI=1S/C23H18F2O6/c1-3-29-22(27)18-17(19(26)13-5-9-15(24)10-6-13)20(14-7-11-16(25)12-8-14)31-21(18)23(28)30-4-2/h5-12H,3-4H2,1-2H3. The van der Waals surface area contributed by atoms with Crippen molar-refractivity contribution in [3.8, 4) is 11.3 Å². The van der Waals surface area contributed by atoms with Crippen LogP contribution in [0.1, 0.15) is 50.7 Å². The maximum absolute atomic E-state index is 13.4. The van der Waals surface area contributed by atoms with E-state index in [0.717, 1.165) is 24.3 Å². The smallest absolute Gasteiger partial charge is 0.375 e. The Bertz CT molecular complexity index is 1110. The molecule has 2 aromatic carbocycles. The molecule has 0 fully saturated rings. The van der Waals surface area contributed by atoms with Gasteiger partial charge in [-0.05, 0) is 62.4 Å². The fourth-order valence-corrected chi connectivity index (χ4v) is 2.94. The predicted molar refractivity (Wildman–Crippen MR) is 106 cm³/mol. The number of ether oxygens (including phenoxy) is 2. The van der Waals surface area contributed by atoms with E-state index in [0.29, 0.717) is 0 Å². The van der Waals surface area contributed by atoms with E-state index < -0.39 is 40.7 Å². The minimum Gasteiger partial charge on any atom is -0.462 e. The third-order valence-electron chi connectivity index (χ3n) is 4.29. The molecule has 0 N–H and O–H groups in total. The lowest BCUT2D eigenvalue weighted by molar-refractivity contribution is 0.0452. The Hall–Kier alpha value is -3.81. The van der Waals surface area contributed by atoms with Crippen LogP contribution < -0.4 is 0 Å². The molecule has 31 heavy (non-hydrogen) atoms. The third-order valence-corrected chi connectivity index (χ3v) is 4.29. The molecule has 8 heteroatoms. The number of esters is 2. The minimum absolute atomic E-state index is 0.00504. The van der Waals surface area contributed by atoms with Crippen LogP contribution >= 0.6 is 0 Å². The zero-order valence-electron chi connectivity index (χ0n) is 16.7. The predicted octanol–water partition coefficient (Wildman–Crippen LogP) is 4.81. The molecule has 0 radical (unpaired) electrons. The Labute approximate surface area is 176 Å². The number of rotatable bonds is 7. The summed E-state index contributed by atoms with van der Waals surface area (Å²) in [6, 6.07) is 9.58. The highest BCUT2D eigenvalue weighted by Gasteiger charge is 2.35. The minimum atomic E-state index is -0.966. The number of carbonyl (C=O) groups excluding carboxylic acids is 3.